The van der Waals surface area contributed by atoms with Crippen LogP contribution in [0.25, 0.3) is 11.4 Å². The van der Waals surface area contributed by atoms with Gasteiger partial charge >= 0.3 is 0 Å². The van der Waals surface area contributed by atoms with Crippen molar-refractivity contribution in [3.63, 3.8) is 0 Å². The Labute approximate surface area is 159 Å². The molecule has 27 heavy (non-hydrogen) atoms. The van der Waals surface area contributed by atoms with Crippen LogP contribution in [0.5, 0.6) is 0 Å². The Morgan fingerprint density at radius 1 is 1.15 bits per heavy atom. The number of imidazole rings is 1. The van der Waals surface area contributed by atoms with Gasteiger partial charge in [0.2, 0.25) is 5.91 Å². The summed E-state index contributed by atoms with van der Waals surface area (Å²) in [5, 5.41) is 4.41. The number of nitrogens with zero attached hydrogens (tertiary/aromatic N) is 5. The Balaban J connectivity index is 1.51. The van der Waals surface area contributed by atoms with Crippen LogP contribution in [0, 0.1) is 20.8 Å². The number of amides is 1. The normalized spacial score (nSPS) is 16.9. The fourth-order valence-electron chi connectivity index (χ4n) is 3.95. The zero-order chi connectivity index (χ0) is 19.0. The number of likely N-dealkylation sites (tertiary alicyclic amines) is 1. The van der Waals surface area contributed by atoms with E-state index in [1.54, 1.807) is 4.68 Å². The van der Waals surface area contributed by atoms with Crippen molar-refractivity contribution in [2.75, 3.05) is 13.1 Å². The first-order chi connectivity index (χ1) is 13.0. The molecule has 6 nitrogen and oxygen atoms in total. The molecule has 0 aliphatic carbocycles. The van der Waals surface area contributed by atoms with Gasteiger partial charge in [0.25, 0.3) is 0 Å². The molecule has 1 aliphatic rings. The maximum atomic E-state index is 12.8. The van der Waals surface area contributed by atoms with Gasteiger partial charge < -0.3 is 9.47 Å². The summed E-state index contributed by atoms with van der Waals surface area (Å²) in [6, 6.07) is 12.5. The number of carbonyl (C=O) groups excluding carboxylic acids is 1. The Morgan fingerprint density at radius 2 is 1.93 bits per heavy atom. The maximum absolute atomic E-state index is 12.8. The Hall–Kier alpha value is -2.89. The van der Waals surface area contributed by atoms with E-state index in [4.69, 9.17) is 0 Å². The monoisotopic (exact) mass is 363 g/mol. The highest BCUT2D eigenvalue weighted by atomic mass is 16.2. The summed E-state index contributed by atoms with van der Waals surface area (Å²) in [7, 11) is 0. The number of hydrogen-bond donors (Lipinski definition) is 0. The lowest BCUT2D eigenvalue weighted by atomic mass is 10.2. The minimum atomic E-state index is 0.128. The molecule has 0 spiro atoms. The van der Waals surface area contributed by atoms with Crippen LogP contribution in [0.15, 0.2) is 42.6 Å². The molecular formula is C21H25N5O. The van der Waals surface area contributed by atoms with Gasteiger partial charge in [-0.25, -0.2) is 4.98 Å². The summed E-state index contributed by atoms with van der Waals surface area (Å²) in [5.41, 5.74) is 4.21. The number of carbonyl (C=O) groups is 1. The quantitative estimate of drug-likeness (QED) is 0.715. The van der Waals surface area contributed by atoms with Gasteiger partial charge in [0.05, 0.1) is 11.7 Å². The summed E-state index contributed by atoms with van der Waals surface area (Å²) in [6.45, 7) is 7.82. The zero-order valence-electron chi connectivity index (χ0n) is 16.1. The van der Waals surface area contributed by atoms with E-state index in [-0.39, 0.29) is 11.9 Å². The van der Waals surface area contributed by atoms with Crippen LogP contribution in [0.4, 0.5) is 0 Å². The molecule has 0 bridgehead atoms. The highest BCUT2D eigenvalue weighted by Gasteiger charge is 2.30. The van der Waals surface area contributed by atoms with E-state index in [9.17, 15) is 4.79 Å². The van der Waals surface area contributed by atoms with E-state index < -0.39 is 0 Å². The topological polar surface area (TPSA) is 56.0 Å². The molecule has 1 atom stereocenters. The van der Waals surface area contributed by atoms with Crippen molar-refractivity contribution in [3.8, 4) is 11.4 Å². The van der Waals surface area contributed by atoms with Crippen LogP contribution in [-0.4, -0.2) is 43.2 Å². The van der Waals surface area contributed by atoms with Crippen molar-refractivity contribution in [2.24, 2.45) is 0 Å². The molecule has 1 aromatic carbocycles. The molecule has 3 heterocycles. The third kappa shape index (κ3) is 3.39. The van der Waals surface area contributed by atoms with Crippen molar-refractivity contribution in [1.82, 2.24) is 24.2 Å². The lowest BCUT2D eigenvalue weighted by Crippen LogP contribution is -2.33. The molecule has 1 unspecified atom stereocenters. The van der Waals surface area contributed by atoms with E-state index in [0.29, 0.717) is 6.54 Å². The number of rotatable bonds is 4. The van der Waals surface area contributed by atoms with E-state index in [2.05, 4.69) is 33.7 Å². The zero-order valence-corrected chi connectivity index (χ0v) is 16.1. The third-order valence-electron chi connectivity index (χ3n) is 5.28. The summed E-state index contributed by atoms with van der Waals surface area (Å²) in [4.78, 5) is 19.4. The molecule has 1 fully saturated rings. The number of aromatic nitrogens is 4. The van der Waals surface area contributed by atoms with Crippen LogP contribution in [0.2, 0.25) is 0 Å². The van der Waals surface area contributed by atoms with Crippen molar-refractivity contribution >= 4 is 5.91 Å². The summed E-state index contributed by atoms with van der Waals surface area (Å²) in [5.74, 6) is 1.11. The lowest BCUT2D eigenvalue weighted by Gasteiger charge is -2.20. The smallest absolute Gasteiger partial charge is 0.244 e. The molecule has 0 saturated carbocycles. The maximum Gasteiger partial charge on any atom is 0.244 e. The van der Waals surface area contributed by atoms with Gasteiger partial charge in [-0.15, -0.1) is 0 Å². The lowest BCUT2D eigenvalue weighted by molar-refractivity contribution is -0.131. The Bertz CT molecular complexity index is 956. The van der Waals surface area contributed by atoms with Gasteiger partial charge in [0.15, 0.2) is 0 Å². The highest BCUT2D eigenvalue weighted by Crippen LogP contribution is 2.29. The Kier molecular flexibility index (Phi) is 4.56. The fraction of sp³-hybridized carbons (Fsp3) is 0.381. The van der Waals surface area contributed by atoms with Crippen molar-refractivity contribution < 1.29 is 4.79 Å². The molecule has 4 rings (SSSR count). The average Bonchev–Trinajstić information content (AvgIpc) is 3.35. The van der Waals surface area contributed by atoms with E-state index in [1.165, 1.54) is 0 Å². The van der Waals surface area contributed by atoms with E-state index in [0.717, 1.165) is 48.0 Å². The molecule has 1 saturated heterocycles. The van der Waals surface area contributed by atoms with E-state index in [1.807, 2.05) is 49.2 Å². The molecule has 1 aliphatic heterocycles. The van der Waals surface area contributed by atoms with Crippen LogP contribution in [0.3, 0.4) is 0 Å². The third-order valence-corrected chi connectivity index (χ3v) is 5.28. The molecule has 0 N–H and O–H groups in total. The molecule has 3 aromatic rings. The predicted molar refractivity (Wildman–Crippen MR) is 104 cm³/mol. The molecular weight excluding hydrogens is 338 g/mol. The first-order valence-corrected chi connectivity index (χ1v) is 9.41. The largest absolute Gasteiger partial charge is 0.339 e. The van der Waals surface area contributed by atoms with Crippen LogP contribution in [0.1, 0.15) is 29.5 Å². The van der Waals surface area contributed by atoms with Gasteiger partial charge in [0, 0.05) is 36.2 Å². The second-order valence-corrected chi connectivity index (χ2v) is 7.33. The second-order valence-electron chi connectivity index (χ2n) is 7.33. The summed E-state index contributed by atoms with van der Waals surface area (Å²) < 4.78 is 4.08. The van der Waals surface area contributed by atoms with Crippen LogP contribution in [-0.2, 0) is 11.3 Å². The standard InChI is InChI=1S/C21H25N5O/c1-15-11-16(2)25(23-15)14-20(27)24-10-9-19(13-24)26-17(3)12-22-21(26)18-7-5-4-6-8-18/h4-8,11-12,19H,9-10,13-14H2,1-3H3. The minimum absolute atomic E-state index is 0.128. The van der Waals surface area contributed by atoms with Gasteiger partial charge in [-0.1, -0.05) is 30.3 Å². The number of aryl methyl sites for hydroxylation is 3. The number of hydrogen-bond acceptors (Lipinski definition) is 3. The van der Waals surface area contributed by atoms with Crippen molar-refractivity contribution in [1.29, 1.82) is 0 Å². The molecule has 0 radical (unpaired) electrons. The summed E-state index contributed by atoms with van der Waals surface area (Å²) in [6.07, 6.45) is 2.86. The van der Waals surface area contributed by atoms with Gasteiger partial charge in [0.1, 0.15) is 12.4 Å². The molecule has 140 valence electrons. The van der Waals surface area contributed by atoms with E-state index >= 15 is 0 Å². The summed E-state index contributed by atoms with van der Waals surface area (Å²) >= 11 is 0. The molecule has 6 heteroatoms. The minimum Gasteiger partial charge on any atom is -0.339 e. The van der Waals surface area contributed by atoms with Gasteiger partial charge in [-0.05, 0) is 33.3 Å². The average molecular weight is 363 g/mol. The molecule has 1 amide bonds. The first kappa shape index (κ1) is 17.5. The molecule has 2 aromatic heterocycles. The van der Waals surface area contributed by atoms with Gasteiger partial charge in [-0.3, -0.25) is 9.48 Å². The first-order valence-electron chi connectivity index (χ1n) is 9.41. The number of benzene rings is 1. The second kappa shape index (κ2) is 7.02. The van der Waals surface area contributed by atoms with Crippen molar-refractivity contribution in [3.05, 3.63) is 59.7 Å². The van der Waals surface area contributed by atoms with Crippen LogP contribution < -0.4 is 0 Å². The predicted octanol–water partition coefficient (Wildman–Crippen LogP) is 3.15. The fourth-order valence-corrected chi connectivity index (χ4v) is 3.95. The SMILES string of the molecule is Cc1cc(C)n(CC(=O)N2CCC(n3c(C)cnc3-c3ccccc3)C2)n1. The van der Waals surface area contributed by atoms with Gasteiger partial charge in [-0.2, -0.15) is 5.10 Å². The Morgan fingerprint density at radius 3 is 2.63 bits per heavy atom. The highest BCUT2D eigenvalue weighted by molar-refractivity contribution is 5.76. The van der Waals surface area contributed by atoms with Crippen LogP contribution >= 0.6 is 0 Å². The van der Waals surface area contributed by atoms with Crippen molar-refractivity contribution in [2.45, 2.75) is 39.8 Å².